The molecule has 0 bridgehead atoms. The van der Waals surface area contributed by atoms with Crippen molar-refractivity contribution in [3.8, 4) is 0 Å². The summed E-state index contributed by atoms with van der Waals surface area (Å²) in [5, 5.41) is 3.44. The van der Waals surface area contributed by atoms with E-state index in [1.807, 2.05) is 6.92 Å². The van der Waals surface area contributed by atoms with Gasteiger partial charge in [0, 0.05) is 5.54 Å². The summed E-state index contributed by atoms with van der Waals surface area (Å²) in [4.78, 5) is 7.33. The molecular formula is C10H18N4. The van der Waals surface area contributed by atoms with Gasteiger partial charge >= 0.3 is 0 Å². The van der Waals surface area contributed by atoms with Crippen molar-refractivity contribution >= 4 is 11.6 Å². The number of hydrogen-bond donors (Lipinski definition) is 3. The third-order valence-corrected chi connectivity index (χ3v) is 2.98. The number of aryl methyl sites for hydroxylation is 1. The van der Waals surface area contributed by atoms with E-state index in [-0.39, 0.29) is 5.54 Å². The van der Waals surface area contributed by atoms with Crippen molar-refractivity contribution in [3.63, 3.8) is 0 Å². The molecular weight excluding hydrogens is 176 g/mol. The van der Waals surface area contributed by atoms with Gasteiger partial charge in [-0.1, -0.05) is 12.8 Å². The van der Waals surface area contributed by atoms with Crippen LogP contribution >= 0.6 is 0 Å². The number of imidazole rings is 1. The Morgan fingerprint density at radius 1 is 1.43 bits per heavy atom. The highest BCUT2D eigenvalue weighted by atomic mass is 15.1. The minimum Gasteiger partial charge on any atom is -0.382 e. The zero-order valence-corrected chi connectivity index (χ0v) is 8.85. The zero-order valence-electron chi connectivity index (χ0n) is 8.85. The Morgan fingerprint density at radius 2 is 2.07 bits per heavy atom. The molecule has 1 aliphatic carbocycles. The molecule has 2 rings (SSSR count). The molecule has 1 heterocycles. The second kappa shape index (κ2) is 3.19. The molecule has 0 radical (unpaired) electrons. The first-order valence-corrected chi connectivity index (χ1v) is 5.19. The van der Waals surface area contributed by atoms with Gasteiger partial charge in [0.15, 0.2) is 5.82 Å². The molecule has 1 saturated carbocycles. The van der Waals surface area contributed by atoms with Gasteiger partial charge < -0.3 is 16.0 Å². The molecule has 4 nitrogen and oxygen atoms in total. The standard InChI is InChI=1S/C10H18N4/c1-7-12-8(11)9(13-7)14-10(2)5-3-4-6-10/h14H,3-6,11H2,1-2H3,(H,12,13). The molecule has 0 amide bonds. The highest BCUT2D eigenvalue weighted by Gasteiger charge is 2.29. The van der Waals surface area contributed by atoms with Crippen molar-refractivity contribution in [2.45, 2.75) is 45.1 Å². The van der Waals surface area contributed by atoms with E-state index in [4.69, 9.17) is 5.73 Å². The van der Waals surface area contributed by atoms with Crippen LogP contribution in [0.2, 0.25) is 0 Å². The van der Waals surface area contributed by atoms with E-state index in [0.29, 0.717) is 5.82 Å². The van der Waals surface area contributed by atoms with Gasteiger partial charge in [-0.25, -0.2) is 4.98 Å². The van der Waals surface area contributed by atoms with E-state index in [1.165, 1.54) is 25.7 Å². The smallest absolute Gasteiger partial charge is 0.169 e. The normalized spacial score (nSPS) is 19.9. The molecule has 4 N–H and O–H groups in total. The van der Waals surface area contributed by atoms with E-state index in [1.54, 1.807) is 0 Å². The largest absolute Gasteiger partial charge is 0.382 e. The lowest BCUT2D eigenvalue weighted by molar-refractivity contribution is 0.531. The number of rotatable bonds is 2. The number of nitrogens with zero attached hydrogens (tertiary/aromatic N) is 1. The number of aromatic nitrogens is 2. The number of hydrogen-bond acceptors (Lipinski definition) is 3. The van der Waals surface area contributed by atoms with Gasteiger partial charge in [0.1, 0.15) is 11.6 Å². The maximum atomic E-state index is 5.80. The van der Waals surface area contributed by atoms with Crippen molar-refractivity contribution in [3.05, 3.63) is 5.82 Å². The van der Waals surface area contributed by atoms with Crippen LogP contribution in [0.25, 0.3) is 0 Å². The zero-order chi connectivity index (χ0) is 10.2. The average Bonchev–Trinajstić information content (AvgIpc) is 2.61. The monoisotopic (exact) mass is 194 g/mol. The predicted octanol–water partition coefficient (Wildman–Crippen LogP) is 2.04. The van der Waals surface area contributed by atoms with Crippen molar-refractivity contribution in [1.29, 1.82) is 0 Å². The third kappa shape index (κ3) is 1.69. The quantitative estimate of drug-likeness (QED) is 0.675. The molecule has 14 heavy (non-hydrogen) atoms. The van der Waals surface area contributed by atoms with Crippen LogP contribution in [-0.2, 0) is 0 Å². The lowest BCUT2D eigenvalue weighted by atomic mass is 10.0. The molecule has 0 aromatic carbocycles. The van der Waals surface area contributed by atoms with Crippen molar-refractivity contribution in [1.82, 2.24) is 9.97 Å². The minimum atomic E-state index is 0.190. The average molecular weight is 194 g/mol. The van der Waals surface area contributed by atoms with Gasteiger partial charge in [0.25, 0.3) is 0 Å². The topological polar surface area (TPSA) is 66.7 Å². The van der Waals surface area contributed by atoms with Crippen LogP contribution in [0.4, 0.5) is 11.6 Å². The lowest BCUT2D eigenvalue weighted by Gasteiger charge is -2.25. The van der Waals surface area contributed by atoms with E-state index in [0.717, 1.165) is 11.6 Å². The molecule has 0 aliphatic heterocycles. The second-order valence-electron chi connectivity index (χ2n) is 4.48. The van der Waals surface area contributed by atoms with Crippen LogP contribution in [-0.4, -0.2) is 15.5 Å². The van der Waals surface area contributed by atoms with Gasteiger partial charge in [-0.15, -0.1) is 0 Å². The Bertz CT molecular complexity index is 323. The summed E-state index contributed by atoms with van der Waals surface area (Å²) in [7, 11) is 0. The van der Waals surface area contributed by atoms with Crippen molar-refractivity contribution < 1.29 is 0 Å². The summed E-state index contributed by atoms with van der Waals surface area (Å²) < 4.78 is 0. The van der Waals surface area contributed by atoms with Crippen LogP contribution in [0.15, 0.2) is 0 Å². The van der Waals surface area contributed by atoms with E-state index >= 15 is 0 Å². The van der Waals surface area contributed by atoms with Gasteiger partial charge in [-0.05, 0) is 26.7 Å². The summed E-state index contributed by atoms with van der Waals surface area (Å²) in [5.74, 6) is 2.33. The molecule has 0 saturated heterocycles. The van der Waals surface area contributed by atoms with Crippen molar-refractivity contribution in [2.75, 3.05) is 11.1 Å². The summed E-state index contributed by atoms with van der Waals surface area (Å²) >= 11 is 0. The van der Waals surface area contributed by atoms with Crippen LogP contribution < -0.4 is 11.1 Å². The van der Waals surface area contributed by atoms with Crippen molar-refractivity contribution in [2.24, 2.45) is 0 Å². The van der Waals surface area contributed by atoms with Gasteiger partial charge in [0.2, 0.25) is 0 Å². The summed E-state index contributed by atoms with van der Waals surface area (Å²) in [5.41, 5.74) is 5.99. The molecule has 0 spiro atoms. The molecule has 4 heteroatoms. The molecule has 1 fully saturated rings. The SMILES string of the molecule is Cc1nc(NC2(C)CCCC2)c(N)[nH]1. The first-order valence-electron chi connectivity index (χ1n) is 5.19. The van der Waals surface area contributed by atoms with Crippen LogP contribution in [0.5, 0.6) is 0 Å². The fraction of sp³-hybridized carbons (Fsp3) is 0.700. The fourth-order valence-electron chi connectivity index (χ4n) is 2.17. The molecule has 0 unspecified atom stereocenters. The number of nitrogen functional groups attached to an aromatic ring is 1. The molecule has 1 aliphatic rings. The maximum Gasteiger partial charge on any atom is 0.169 e. The maximum absolute atomic E-state index is 5.80. The summed E-state index contributed by atoms with van der Waals surface area (Å²) in [6.07, 6.45) is 5.01. The highest BCUT2D eigenvalue weighted by molar-refractivity contribution is 5.58. The number of H-pyrrole nitrogens is 1. The lowest BCUT2D eigenvalue weighted by Crippen LogP contribution is -2.31. The Morgan fingerprint density at radius 3 is 2.57 bits per heavy atom. The summed E-state index contributed by atoms with van der Waals surface area (Å²) in [6, 6.07) is 0. The highest BCUT2D eigenvalue weighted by Crippen LogP contribution is 2.33. The first-order chi connectivity index (χ1) is 6.59. The van der Waals surface area contributed by atoms with Gasteiger partial charge in [-0.2, -0.15) is 0 Å². The van der Waals surface area contributed by atoms with E-state index in [9.17, 15) is 0 Å². The number of anilines is 2. The van der Waals surface area contributed by atoms with Crippen LogP contribution in [0.1, 0.15) is 38.4 Å². The van der Waals surface area contributed by atoms with Crippen LogP contribution in [0.3, 0.4) is 0 Å². The van der Waals surface area contributed by atoms with E-state index in [2.05, 4.69) is 22.2 Å². The fourth-order valence-corrected chi connectivity index (χ4v) is 2.17. The summed E-state index contributed by atoms with van der Waals surface area (Å²) in [6.45, 7) is 4.15. The molecule has 78 valence electrons. The van der Waals surface area contributed by atoms with Crippen LogP contribution in [0, 0.1) is 6.92 Å². The predicted molar refractivity (Wildman–Crippen MR) is 58.2 cm³/mol. The van der Waals surface area contributed by atoms with E-state index < -0.39 is 0 Å². The molecule has 1 aromatic heterocycles. The number of aromatic amines is 1. The first kappa shape index (κ1) is 9.37. The molecule has 0 atom stereocenters. The Hall–Kier alpha value is -1.19. The second-order valence-corrected chi connectivity index (χ2v) is 4.48. The Balaban J connectivity index is 2.13. The van der Waals surface area contributed by atoms with Gasteiger partial charge in [-0.3, -0.25) is 0 Å². The number of nitrogens with one attached hydrogen (secondary N) is 2. The third-order valence-electron chi connectivity index (χ3n) is 2.98. The Labute approximate surface area is 84.3 Å². The number of nitrogens with two attached hydrogens (primary N) is 1. The molecule has 1 aromatic rings. The van der Waals surface area contributed by atoms with Gasteiger partial charge in [0.05, 0.1) is 0 Å². The Kier molecular flexibility index (Phi) is 2.13. The minimum absolute atomic E-state index is 0.190.